The minimum atomic E-state index is 1.01. The second-order valence-corrected chi connectivity index (χ2v) is 18.0. The molecule has 0 saturated carbocycles. The van der Waals surface area contributed by atoms with Crippen molar-refractivity contribution in [3.63, 3.8) is 0 Å². The van der Waals surface area contributed by atoms with Crippen molar-refractivity contribution in [1.29, 1.82) is 0 Å². The van der Waals surface area contributed by atoms with E-state index in [-0.39, 0.29) is 0 Å². The van der Waals surface area contributed by atoms with Gasteiger partial charge in [0.05, 0.1) is 0 Å². The monoisotopic (exact) mass is 678 g/mol. The Hall–Kier alpha value is 4.50. The van der Waals surface area contributed by atoms with E-state index in [0.29, 0.717) is 0 Å². The van der Waals surface area contributed by atoms with E-state index >= 15 is 0 Å². The summed E-state index contributed by atoms with van der Waals surface area (Å²) in [6.45, 7) is 0. The summed E-state index contributed by atoms with van der Waals surface area (Å²) in [7, 11) is 6.31. The van der Waals surface area contributed by atoms with Crippen LogP contribution in [0.25, 0.3) is 0 Å². The second-order valence-electron chi connectivity index (χ2n) is 3.68. The van der Waals surface area contributed by atoms with Gasteiger partial charge in [0.1, 0.15) is 0 Å². The molecular formula is C9H18S6Sn3. The van der Waals surface area contributed by atoms with Crippen molar-refractivity contribution in [2.75, 3.05) is 17.3 Å². The molecule has 3 aliphatic heterocycles. The Morgan fingerprint density at radius 2 is 0.833 bits per heavy atom. The van der Waals surface area contributed by atoms with E-state index in [1.54, 1.807) is 0 Å². The van der Waals surface area contributed by atoms with Crippen LogP contribution in [-0.4, -0.2) is 94.4 Å². The van der Waals surface area contributed by atoms with Gasteiger partial charge in [0.2, 0.25) is 0 Å². The number of thioether (sulfide) groups is 3. The van der Waals surface area contributed by atoms with Crippen molar-refractivity contribution < 1.29 is 0 Å². The average Bonchev–Trinajstić information content (AvgIpc) is 2.14. The molecule has 102 valence electrons. The van der Waals surface area contributed by atoms with Gasteiger partial charge < -0.3 is 0 Å². The molecule has 3 atom stereocenters. The predicted molar refractivity (Wildman–Crippen MR) is 107 cm³/mol. The van der Waals surface area contributed by atoms with Crippen molar-refractivity contribution in [3.05, 3.63) is 0 Å². The van der Waals surface area contributed by atoms with Crippen LogP contribution < -0.4 is 0 Å². The Kier molecular flexibility index (Phi) is 15.9. The summed E-state index contributed by atoms with van der Waals surface area (Å²) in [5, 5.41) is 0. The normalized spacial score (nSPS) is 32.5. The summed E-state index contributed by atoms with van der Waals surface area (Å²) in [4.78, 5) is 0. The van der Waals surface area contributed by atoms with Gasteiger partial charge in [-0.15, -0.1) is 0 Å². The van der Waals surface area contributed by atoms with Crippen molar-refractivity contribution in [2.45, 2.75) is 33.0 Å². The van der Waals surface area contributed by atoms with Gasteiger partial charge in [-0.2, -0.15) is 0 Å². The number of hydrogen-bond donors (Lipinski definition) is 0. The van der Waals surface area contributed by atoms with E-state index in [1.165, 1.54) is 99.9 Å². The van der Waals surface area contributed by atoms with Crippen molar-refractivity contribution in [2.24, 2.45) is 0 Å². The molecule has 3 aliphatic rings. The average molecular weight is 675 g/mol. The van der Waals surface area contributed by atoms with Gasteiger partial charge in [-0.1, -0.05) is 0 Å². The zero-order valence-electron chi connectivity index (χ0n) is 10.2. The molecule has 0 amide bonds. The van der Waals surface area contributed by atoms with Crippen LogP contribution >= 0.6 is 62.1 Å². The first kappa shape index (κ1) is 20.5. The fraction of sp³-hybridized carbons (Fsp3) is 1.00. The molecule has 0 spiro atoms. The molecule has 0 N–H and O–H groups in total. The summed E-state index contributed by atoms with van der Waals surface area (Å²) in [6, 6.07) is 0. The summed E-state index contributed by atoms with van der Waals surface area (Å²) < 4.78 is 3.02. The molecule has 3 rings (SSSR count). The molecule has 0 aromatic heterocycles. The summed E-state index contributed by atoms with van der Waals surface area (Å²) in [6.07, 6.45) is 4.41. The summed E-state index contributed by atoms with van der Waals surface area (Å²) >= 11 is 10.5. The molecular weight excluding hydrogens is 657 g/mol. The minimum absolute atomic E-state index is 1.01. The fourth-order valence-electron chi connectivity index (χ4n) is 0.964. The van der Waals surface area contributed by atoms with Crippen LogP contribution in [0.15, 0.2) is 0 Å². The molecule has 0 bridgehead atoms. The van der Waals surface area contributed by atoms with E-state index in [1.807, 2.05) is 0 Å². The predicted octanol–water partition coefficient (Wildman–Crippen LogP) is 3.00. The standard InChI is InChI=1S/3C3H6S2.3Sn.3H/c3*4-3-1-2-5-3;;;;;;/h3*3-4H,1-2H2;;;;;;/q;;;3*+1;;;/p-3. The molecule has 6 radical (unpaired) electrons. The number of rotatable bonds is 3. The van der Waals surface area contributed by atoms with E-state index in [2.05, 4.69) is 62.1 Å². The third-order valence-corrected chi connectivity index (χ3v) is 23.0. The molecule has 3 fully saturated rings. The van der Waals surface area contributed by atoms with Gasteiger partial charge in [-0.25, -0.2) is 0 Å². The van der Waals surface area contributed by atoms with E-state index in [9.17, 15) is 0 Å². The van der Waals surface area contributed by atoms with Crippen LogP contribution in [0.5, 0.6) is 0 Å². The van der Waals surface area contributed by atoms with Crippen LogP contribution in [0.1, 0.15) is 19.3 Å². The van der Waals surface area contributed by atoms with Crippen molar-refractivity contribution >= 4 is 126 Å². The Morgan fingerprint density at radius 1 is 0.611 bits per heavy atom. The third kappa shape index (κ3) is 9.59. The molecule has 3 saturated heterocycles. The summed E-state index contributed by atoms with van der Waals surface area (Å²) in [5.41, 5.74) is 0. The van der Waals surface area contributed by atoms with Crippen LogP contribution in [0.2, 0.25) is 0 Å². The zero-order valence-corrected chi connectivity index (χ0v) is 24.9. The van der Waals surface area contributed by atoms with E-state index in [4.69, 9.17) is 0 Å². The van der Waals surface area contributed by atoms with Crippen molar-refractivity contribution in [3.8, 4) is 0 Å². The van der Waals surface area contributed by atoms with Crippen LogP contribution in [0.3, 0.4) is 0 Å². The molecule has 0 aliphatic carbocycles. The van der Waals surface area contributed by atoms with Crippen molar-refractivity contribution in [1.82, 2.24) is 0 Å². The van der Waals surface area contributed by atoms with Gasteiger partial charge >= 0.3 is 176 Å². The first-order chi connectivity index (χ1) is 8.80. The Bertz CT molecular complexity index is 157. The van der Waals surface area contributed by atoms with Gasteiger partial charge in [-0.05, 0) is 0 Å². The topological polar surface area (TPSA) is 0 Å². The zero-order chi connectivity index (χ0) is 13.2. The first-order valence-corrected chi connectivity index (χ1v) is 23.8. The Labute approximate surface area is 172 Å². The molecule has 18 heavy (non-hydrogen) atoms. The SMILES string of the molecule is [SnH][S]C1CCS1.[SnH][S]C1CCS1.[SnH][S]C1CCS1. The Morgan fingerprint density at radius 3 is 0.833 bits per heavy atom. The van der Waals surface area contributed by atoms with Gasteiger partial charge in [0, 0.05) is 0 Å². The maximum absolute atomic E-state index is 2.10. The molecule has 3 heterocycles. The molecule has 0 aromatic rings. The van der Waals surface area contributed by atoms with E-state index in [0.717, 1.165) is 13.7 Å². The molecule has 9 heteroatoms. The van der Waals surface area contributed by atoms with Crippen LogP contribution in [0, 0.1) is 0 Å². The summed E-state index contributed by atoms with van der Waals surface area (Å²) in [5.74, 6) is 4.25. The molecule has 0 aromatic carbocycles. The second kappa shape index (κ2) is 13.9. The molecule has 0 nitrogen and oxygen atoms in total. The number of hydrogen-bond acceptors (Lipinski definition) is 6. The quantitative estimate of drug-likeness (QED) is 0.420. The first-order valence-electron chi connectivity index (χ1n) is 5.71. The Balaban J connectivity index is 0.000000135. The van der Waals surface area contributed by atoms with Gasteiger partial charge in [0.25, 0.3) is 0 Å². The van der Waals surface area contributed by atoms with Crippen LogP contribution in [-0.2, 0) is 0 Å². The van der Waals surface area contributed by atoms with Gasteiger partial charge in [-0.3, -0.25) is 0 Å². The van der Waals surface area contributed by atoms with E-state index < -0.39 is 0 Å². The third-order valence-electron chi connectivity index (χ3n) is 2.43. The van der Waals surface area contributed by atoms with Gasteiger partial charge in [0.15, 0.2) is 0 Å². The van der Waals surface area contributed by atoms with Crippen LogP contribution in [0.4, 0.5) is 0 Å². The maximum atomic E-state index is 2.10. The molecule has 3 unspecified atom stereocenters. The fourth-order valence-corrected chi connectivity index (χ4v) is 14.9.